The first-order chi connectivity index (χ1) is 9.15. The fraction of sp³-hybridized carbons (Fsp3) is 0.733. The van der Waals surface area contributed by atoms with E-state index in [2.05, 4.69) is 6.92 Å². The number of esters is 1. The molecule has 4 heteroatoms. The topological polar surface area (TPSA) is 46.6 Å². The molecule has 0 N–H and O–H groups in total. The Morgan fingerprint density at radius 1 is 1.32 bits per heavy atom. The van der Waals surface area contributed by atoms with Crippen LogP contribution in [0.3, 0.4) is 0 Å². The number of ether oxygens (including phenoxy) is 1. The van der Waals surface area contributed by atoms with Crippen molar-refractivity contribution in [2.75, 3.05) is 13.2 Å². The lowest BCUT2D eigenvalue weighted by molar-refractivity contribution is -0.137. The van der Waals surface area contributed by atoms with Gasteiger partial charge in [0.05, 0.1) is 11.3 Å². The Morgan fingerprint density at radius 2 is 2.00 bits per heavy atom. The van der Waals surface area contributed by atoms with Gasteiger partial charge in [-0.3, -0.25) is 4.79 Å². The maximum Gasteiger partial charge on any atom is 0.336 e. The van der Waals surface area contributed by atoms with Crippen LogP contribution in [0.25, 0.3) is 0 Å². The molecule has 0 atom stereocenters. The number of carbonyl (C=O) groups excluding carboxylic acids is 2. The largest absolute Gasteiger partial charge is 0.456 e. The summed E-state index contributed by atoms with van der Waals surface area (Å²) in [4.78, 5) is 25.9. The van der Waals surface area contributed by atoms with Crippen LogP contribution in [0.1, 0.15) is 52.4 Å². The van der Waals surface area contributed by atoms with Crippen LogP contribution < -0.4 is 0 Å². The van der Waals surface area contributed by atoms with E-state index in [4.69, 9.17) is 4.74 Å². The SMILES string of the molecule is CCCN(C(=O)C1CCCCC1)C1=C(C)C(=O)OC1. The van der Waals surface area contributed by atoms with Gasteiger partial charge in [0, 0.05) is 12.5 Å². The highest BCUT2D eigenvalue weighted by atomic mass is 16.5. The van der Waals surface area contributed by atoms with Gasteiger partial charge in [-0.1, -0.05) is 26.2 Å². The van der Waals surface area contributed by atoms with E-state index in [0.717, 1.165) is 37.8 Å². The van der Waals surface area contributed by atoms with E-state index in [0.29, 0.717) is 12.1 Å². The van der Waals surface area contributed by atoms with Crippen LogP contribution in [0.5, 0.6) is 0 Å². The van der Waals surface area contributed by atoms with Gasteiger partial charge in [0.25, 0.3) is 0 Å². The predicted molar refractivity (Wildman–Crippen MR) is 72.2 cm³/mol. The highest BCUT2D eigenvalue weighted by molar-refractivity contribution is 5.92. The lowest BCUT2D eigenvalue weighted by atomic mass is 9.88. The molecule has 0 unspecified atom stereocenters. The third-order valence-corrected chi connectivity index (χ3v) is 4.07. The van der Waals surface area contributed by atoms with Crippen LogP contribution in [0.15, 0.2) is 11.3 Å². The monoisotopic (exact) mass is 265 g/mol. The molecule has 106 valence electrons. The van der Waals surface area contributed by atoms with Crippen molar-refractivity contribution in [3.8, 4) is 0 Å². The first-order valence-corrected chi connectivity index (χ1v) is 7.33. The number of amides is 1. The summed E-state index contributed by atoms with van der Waals surface area (Å²) in [5, 5.41) is 0. The predicted octanol–water partition coefficient (Wildman–Crippen LogP) is 2.64. The summed E-state index contributed by atoms with van der Waals surface area (Å²) in [5.41, 5.74) is 1.38. The van der Waals surface area contributed by atoms with Crippen LogP contribution in [-0.4, -0.2) is 29.9 Å². The summed E-state index contributed by atoms with van der Waals surface area (Å²) in [6.45, 7) is 4.73. The number of rotatable bonds is 4. The first kappa shape index (κ1) is 14.1. The molecule has 1 aliphatic carbocycles. The molecule has 0 bridgehead atoms. The van der Waals surface area contributed by atoms with Gasteiger partial charge < -0.3 is 9.64 Å². The van der Waals surface area contributed by atoms with Crippen LogP contribution in [0, 0.1) is 5.92 Å². The molecule has 0 saturated heterocycles. The van der Waals surface area contributed by atoms with Gasteiger partial charge in [0.2, 0.25) is 5.91 Å². The van der Waals surface area contributed by atoms with Gasteiger partial charge in [-0.05, 0) is 26.2 Å². The number of hydrogen-bond acceptors (Lipinski definition) is 3. The van der Waals surface area contributed by atoms with E-state index >= 15 is 0 Å². The van der Waals surface area contributed by atoms with Gasteiger partial charge in [-0.15, -0.1) is 0 Å². The molecule has 0 aromatic carbocycles. The second kappa shape index (κ2) is 6.22. The average Bonchev–Trinajstić information content (AvgIpc) is 2.77. The molecule has 0 aromatic rings. The van der Waals surface area contributed by atoms with Crippen molar-refractivity contribution in [2.24, 2.45) is 5.92 Å². The first-order valence-electron chi connectivity index (χ1n) is 7.33. The zero-order chi connectivity index (χ0) is 13.8. The Bertz CT molecular complexity index is 394. The van der Waals surface area contributed by atoms with E-state index in [1.807, 2.05) is 0 Å². The molecule has 1 aliphatic heterocycles. The fourth-order valence-electron chi connectivity index (χ4n) is 2.92. The molecule has 1 fully saturated rings. The molecule has 0 spiro atoms. The van der Waals surface area contributed by atoms with Gasteiger partial charge >= 0.3 is 5.97 Å². The minimum absolute atomic E-state index is 0.135. The van der Waals surface area contributed by atoms with E-state index in [-0.39, 0.29) is 24.4 Å². The van der Waals surface area contributed by atoms with Crippen LogP contribution in [-0.2, 0) is 14.3 Å². The standard InChI is InChI=1S/C15H23NO3/c1-3-9-16(13-10-19-15(18)11(13)2)14(17)12-7-5-4-6-8-12/h12H,3-10H2,1-2H3. The highest BCUT2D eigenvalue weighted by Gasteiger charge is 2.32. The third-order valence-electron chi connectivity index (χ3n) is 4.07. The Hall–Kier alpha value is -1.32. The van der Waals surface area contributed by atoms with Crippen molar-refractivity contribution in [1.82, 2.24) is 4.90 Å². The number of nitrogens with zero attached hydrogens (tertiary/aromatic N) is 1. The minimum atomic E-state index is -0.285. The average molecular weight is 265 g/mol. The van der Waals surface area contributed by atoms with Crippen molar-refractivity contribution in [2.45, 2.75) is 52.4 Å². The molecule has 19 heavy (non-hydrogen) atoms. The Balaban J connectivity index is 2.15. The number of cyclic esters (lactones) is 1. The van der Waals surface area contributed by atoms with Crippen molar-refractivity contribution in [3.05, 3.63) is 11.3 Å². The Kier molecular flexibility index (Phi) is 4.61. The quantitative estimate of drug-likeness (QED) is 0.734. The van der Waals surface area contributed by atoms with Gasteiger partial charge in [-0.2, -0.15) is 0 Å². The summed E-state index contributed by atoms with van der Waals surface area (Å²) in [7, 11) is 0. The third kappa shape index (κ3) is 2.99. The molecule has 1 heterocycles. The van der Waals surface area contributed by atoms with Crippen molar-refractivity contribution >= 4 is 11.9 Å². The van der Waals surface area contributed by atoms with E-state index < -0.39 is 0 Å². The molecular weight excluding hydrogens is 242 g/mol. The fourth-order valence-corrected chi connectivity index (χ4v) is 2.92. The zero-order valence-electron chi connectivity index (χ0n) is 11.9. The normalized spacial score (nSPS) is 20.6. The summed E-state index contributed by atoms with van der Waals surface area (Å²) in [5.74, 6) is 0.0399. The van der Waals surface area contributed by atoms with E-state index in [1.165, 1.54) is 6.42 Å². The Labute approximate surface area is 114 Å². The smallest absolute Gasteiger partial charge is 0.336 e. The number of carbonyl (C=O) groups is 2. The molecule has 0 radical (unpaired) electrons. The minimum Gasteiger partial charge on any atom is -0.456 e. The van der Waals surface area contributed by atoms with Gasteiger partial charge in [-0.25, -0.2) is 4.79 Å². The summed E-state index contributed by atoms with van der Waals surface area (Å²) in [6.07, 6.45) is 6.39. The molecular formula is C15H23NO3. The molecule has 2 rings (SSSR count). The zero-order valence-corrected chi connectivity index (χ0v) is 11.9. The van der Waals surface area contributed by atoms with Crippen LogP contribution in [0.4, 0.5) is 0 Å². The maximum atomic E-state index is 12.7. The second-order valence-corrected chi connectivity index (χ2v) is 5.47. The lowest BCUT2D eigenvalue weighted by Gasteiger charge is -2.29. The summed E-state index contributed by atoms with van der Waals surface area (Å²) in [6, 6.07) is 0. The van der Waals surface area contributed by atoms with Gasteiger partial charge in [0.1, 0.15) is 6.61 Å². The summed E-state index contributed by atoms with van der Waals surface area (Å²) >= 11 is 0. The number of hydrogen-bond donors (Lipinski definition) is 0. The maximum absolute atomic E-state index is 12.7. The van der Waals surface area contributed by atoms with Gasteiger partial charge in [0.15, 0.2) is 0 Å². The lowest BCUT2D eigenvalue weighted by Crippen LogP contribution is -2.37. The van der Waals surface area contributed by atoms with Crippen LogP contribution >= 0.6 is 0 Å². The highest BCUT2D eigenvalue weighted by Crippen LogP contribution is 2.28. The molecule has 2 aliphatic rings. The molecule has 4 nitrogen and oxygen atoms in total. The molecule has 1 amide bonds. The van der Waals surface area contributed by atoms with Crippen molar-refractivity contribution in [1.29, 1.82) is 0 Å². The van der Waals surface area contributed by atoms with Crippen LogP contribution in [0.2, 0.25) is 0 Å². The molecule has 0 aromatic heterocycles. The van der Waals surface area contributed by atoms with E-state index in [9.17, 15) is 9.59 Å². The molecule has 1 saturated carbocycles. The van der Waals surface area contributed by atoms with E-state index in [1.54, 1.807) is 11.8 Å². The van der Waals surface area contributed by atoms with Crippen molar-refractivity contribution < 1.29 is 14.3 Å². The van der Waals surface area contributed by atoms with Crippen molar-refractivity contribution in [3.63, 3.8) is 0 Å². The second-order valence-electron chi connectivity index (χ2n) is 5.47. The Morgan fingerprint density at radius 3 is 2.53 bits per heavy atom. The summed E-state index contributed by atoms with van der Waals surface area (Å²) < 4.78 is 5.04.